The molecule has 0 unspecified atom stereocenters. The zero-order valence-corrected chi connectivity index (χ0v) is 7.99. The maximum absolute atomic E-state index is 9.63. The number of nitrogens with two attached hydrogens (primary N) is 1. The summed E-state index contributed by atoms with van der Waals surface area (Å²) in [6.45, 7) is 2.71. The molecule has 0 radical (unpaired) electrons. The van der Waals surface area contributed by atoms with Gasteiger partial charge in [-0.25, -0.2) is 4.68 Å². The number of nitrogen functional groups attached to an aromatic ring is 1. The van der Waals surface area contributed by atoms with Gasteiger partial charge >= 0.3 is 0 Å². The topological polar surface area (TPSA) is 63.2 Å². The third-order valence-electron chi connectivity index (χ3n) is 2.18. The lowest BCUT2D eigenvalue weighted by atomic mass is 10.2. The van der Waals surface area contributed by atoms with E-state index in [4.69, 9.17) is 5.73 Å². The van der Waals surface area contributed by atoms with Gasteiger partial charge in [0, 0.05) is 23.7 Å². The minimum Gasteiger partial charge on any atom is -0.493 e. The van der Waals surface area contributed by atoms with Crippen molar-refractivity contribution in [2.75, 3.05) is 17.7 Å². The van der Waals surface area contributed by atoms with E-state index in [1.54, 1.807) is 10.7 Å². The second-order valence-corrected chi connectivity index (χ2v) is 3.13. The van der Waals surface area contributed by atoms with Crippen LogP contribution in [0.1, 0.15) is 6.92 Å². The second-order valence-electron chi connectivity index (χ2n) is 3.13. The van der Waals surface area contributed by atoms with Crippen molar-refractivity contribution in [1.82, 2.24) is 4.68 Å². The van der Waals surface area contributed by atoms with Crippen LogP contribution in [0.5, 0.6) is 5.88 Å². The smallest absolute Gasteiger partial charge is 0.211 e. The van der Waals surface area contributed by atoms with E-state index in [1.807, 2.05) is 25.1 Å². The average Bonchev–Trinajstić information content (AvgIpc) is 2.47. The molecule has 4 nitrogen and oxygen atoms in total. The van der Waals surface area contributed by atoms with Gasteiger partial charge < -0.3 is 16.3 Å². The van der Waals surface area contributed by atoms with Crippen molar-refractivity contribution in [1.29, 1.82) is 0 Å². The van der Waals surface area contributed by atoms with Gasteiger partial charge in [0.05, 0.1) is 5.52 Å². The quantitative estimate of drug-likeness (QED) is 0.630. The Morgan fingerprint density at radius 2 is 2.29 bits per heavy atom. The highest BCUT2D eigenvalue weighted by molar-refractivity contribution is 5.92. The Morgan fingerprint density at radius 1 is 1.50 bits per heavy atom. The first-order valence-corrected chi connectivity index (χ1v) is 4.57. The summed E-state index contributed by atoms with van der Waals surface area (Å²) >= 11 is 0. The molecule has 0 saturated carbocycles. The molecule has 0 saturated heterocycles. The van der Waals surface area contributed by atoms with E-state index in [9.17, 15) is 5.11 Å². The molecule has 0 spiro atoms. The summed E-state index contributed by atoms with van der Waals surface area (Å²) in [7, 11) is 0. The molecule has 74 valence electrons. The Morgan fingerprint density at radius 3 is 3.00 bits per heavy atom. The van der Waals surface area contributed by atoms with Crippen LogP contribution in [-0.2, 0) is 0 Å². The number of aromatic hydroxyl groups is 1. The number of benzene rings is 1. The normalized spacial score (nSPS) is 10.6. The van der Waals surface area contributed by atoms with E-state index in [1.165, 1.54) is 0 Å². The van der Waals surface area contributed by atoms with Crippen LogP contribution >= 0.6 is 0 Å². The van der Waals surface area contributed by atoms with Gasteiger partial charge in [-0.15, -0.1) is 0 Å². The van der Waals surface area contributed by atoms with E-state index in [2.05, 4.69) is 5.43 Å². The highest BCUT2D eigenvalue weighted by atomic mass is 16.3. The zero-order valence-electron chi connectivity index (χ0n) is 7.99. The summed E-state index contributed by atoms with van der Waals surface area (Å²) in [5, 5.41) is 10.5. The first kappa shape index (κ1) is 8.74. The fourth-order valence-corrected chi connectivity index (χ4v) is 1.56. The van der Waals surface area contributed by atoms with Gasteiger partial charge in [-0.3, -0.25) is 0 Å². The van der Waals surface area contributed by atoms with Crippen LogP contribution in [0.3, 0.4) is 0 Å². The van der Waals surface area contributed by atoms with Gasteiger partial charge in [0.25, 0.3) is 0 Å². The molecule has 0 aliphatic carbocycles. The monoisotopic (exact) mass is 191 g/mol. The van der Waals surface area contributed by atoms with Crippen LogP contribution in [0, 0.1) is 0 Å². The van der Waals surface area contributed by atoms with Crippen molar-refractivity contribution in [3.63, 3.8) is 0 Å². The number of hydrogen-bond acceptors (Lipinski definition) is 3. The van der Waals surface area contributed by atoms with Gasteiger partial charge in [0.1, 0.15) is 0 Å². The van der Waals surface area contributed by atoms with Crippen molar-refractivity contribution in [2.24, 2.45) is 0 Å². The Kier molecular flexibility index (Phi) is 1.96. The average molecular weight is 191 g/mol. The van der Waals surface area contributed by atoms with Crippen molar-refractivity contribution in [3.8, 4) is 5.88 Å². The highest BCUT2D eigenvalue weighted by Gasteiger charge is 2.08. The summed E-state index contributed by atoms with van der Waals surface area (Å²) < 4.78 is 1.63. The molecule has 2 rings (SSSR count). The molecule has 0 aliphatic rings. The third-order valence-corrected chi connectivity index (χ3v) is 2.18. The molecule has 0 amide bonds. The van der Waals surface area contributed by atoms with Crippen LogP contribution in [0.25, 0.3) is 10.9 Å². The Balaban J connectivity index is 2.70. The van der Waals surface area contributed by atoms with E-state index in [0.29, 0.717) is 5.69 Å². The number of nitrogens with one attached hydrogen (secondary N) is 1. The van der Waals surface area contributed by atoms with Gasteiger partial charge in [0.15, 0.2) is 0 Å². The minimum absolute atomic E-state index is 0.180. The van der Waals surface area contributed by atoms with Gasteiger partial charge in [-0.1, -0.05) is 6.07 Å². The van der Waals surface area contributed by atoms with E-state index in [-0.39, 0.29) is 5.88 Å². The molecule has 2 aromatic rings. The van der Waals surface area contributed by atoms with Gasteiger partial charge in [0.2, 0.25) is 5.88 Å². The molecular weight excluding hydrogens is 178 g/mol. The fourth-order valence-electron chi connectivity index (χ4n) is 1.56. The third kappa shape index (κ3) is 1.16. The predicted molar refractivity (Wildman–Crippen MR) is 57.9 cm³/mol. The van der Waals surface area contributed by atoms with E-state index in [0.717, 1.165) is 17.4 Å². The van der Waals surface area contributed by atoms with Crippen molar-refractivity contribution in [2.45, 2.75) is 6.92 Å². The van der Waals surface area contributed by atoms with Crippen LogP contribution in [-0.4, -0.2) is 16.3 Å². The van der Waals surface area contributed by atoms with Crippen molar-refractivity contribution < 1.29 is 5.11 Å². The summed E-state index contributed by atoms with van der Waals surface area (Å²) in [5.74, 6) is 0.180. The first-order valence-electron chi connectivity index (χ1n) is 4.57. The molecule has 1 aromatic heterocycles. The van der Waals surface area contributed by atoms with Crippen molar-refractivity contribution in [3.05, 3.63) is 24.3 Å². The number of fused-ring (bicyclic) bond motifs is 1. The van der Waals surface area contributed by atoms with Gasteiger partial charge in [-0.05, 0) is 19.1 Å². The van der Waals surface area contributed by atoms with Crippen LogP contribution in [0.15, 0.2) is 24.3 Å². The Labute approximate surface area is 81.9 Å². The number of aromatic nitrogens is 1. The summed E-state index contributed by atoms with van der Waals surface area (Å²) in [5.41, 5.74) is 10.4. The number of hydrogen-bond donors (Lipinski definition) is 3. The molecule has 1 aromatic carbocycles. The summed E-state index contributed by atoms with van der Waals surface area (Å²) in [6.07, 6.45) is 0. The molecule has 0 atom stereocenters. The molecule has 0 fully saturated rings. The van der Waals surface area contributed by atoms with Crippen LogP contribution < -0.4 is 11.2 Å². The van der Waals surface area contributed by atoms with Crippen LogP contribution in [0.4, 0.5) is 5.69 Å². The molecule has 14 heavy (non-hydrogen) atoms. The fraction of sp³-hybridized carbons (Fsp3) is 0.200. The lowest BCUT2D eigenvalue weighted by molar-refractivity contribution is 0.436. The number of nitrogens with zero attached hydrogens (tertiary/aromatic N) is 1. The van der Waals surface area contributed by atoms with Gasteiger partial charge in [-0.2, -0.15) is 0 Å². The molecule has 0 aliphatic heterocycles. The summed E-state index contributed by atoms with van der Waals surface area (Å²) in [6, 6.07) is 7.25. The largest absolute Gasteiger partial charge is 0.493 e. The lowest BCUT2D eigenvalue weighted by Crippen LogP contribution is -2.12. The molecular formula is C10H13N3O. The zero-order chi connectivity index (χ0) is 10.1. The predicted octanol–water partition coefficient (Wildman–Crippen LogP) is 1.49. The van der Waals surface area contributed by atoms with Crippen LogP contribution in [0.2, 0.25) is 0 Å². The standard InChI is InChI=1S/C10H13N3O/c1-2-12-13-9-5-3-4-8(11)7(9)6-10(13)14/h3-6,12,14H,2,11H2,1H3. The SMILES string of the molecule is CCNn1c(O)cc2c(N)cccc21. The van der Waals surface area contributed by atoms with E-state index >= 15 is 0 Å². The maximum Gasteiger partial charge on any atom is 0.211 e. The summed E-state index contributed by atoms with van der Waals surface area (Å²) in [4.78, 5) is 0. The number of anilines is 1. The molecule has 1 heterocycles. The minimum atomic E-state index is 0.180. The first-order chi connectivity index (χ1) is 6.74. The second kappa shape index (κ2) is 3.14. The number of rotatable bonds is 2. The van der Waals surface area contributed by atoms with E-state index < -0.39 is 0 Å². The maximum atomic E-state index is 9.63. The molecule has 4 heteroatoms. The van der Waals surface area contributed by atoms with Crippen molar-refractivity contribution >= 4 is 16.6 Å². The Hall–Kier alpha value is -1.84. The molecule has 4 N–H and O–H groups in total. The molecule has 0 bridgehead atoms. The lowest BCUT2D eigenvalue weighted by Gasteiger charge is -2.07. The highest BCUT2D eigenvalue weighted by Crippen LogP contribution is 2.27. The Bertz CT molecular complexity index is 462.